The van der Waals surface area contributed by atoms with Crippen LogP contribution in [0.5, 0.6) is 5.75 Å². The van der Waals surface area contributed by atoms with Crippen molar-refractivity contribution in [1.29, 1.82) is 5.26 Å². The van der Waals surface area contributed by atoms with Crippen molar-refractivity contribution in [2.24, 2.45) is 0 Å². The molecule has 0 radical (unpaired) electrons. The molecule has 30 heavy (non-hydrogen) atoms. The highest BCUT2D eigenvalue weighted by Crippen LogP contribution is 2.41. The number of hydrogen-bond acceptors (Lipinski definition) is 4. The summed E-state index contributed by atoms with van der Waals surface area (Å²) >= 11 is 0. The van der Waals surface area contributed by atoms with Crippen molar-refractivity contribution in [3.63, 3.8) is 0 Å². The first-order valence-electron chi connectivity index (χ1n) is 10.5. The topological polar surface area (TPSA) is 85.6 Å². The maximum atomic E-state index is 12.7. The number of nitrogens with one attached hydrogen (secondary N) is 1. The Morgan fingerprint density at radius 2 is 1.73 bits per heavy atom. The monoisotopic (exact) mass is 405 g/mol. The lowest BCUT2D eigenvalue weighted by Gasteiger charge is -2.51. The Bertz CT molecular complexity index is 914. The Balaban J connectivity index is 1.49. The summed E-state index contributed by atoms with van der Waals surface area (Å²) in [6, 6.07) is 17.1. The number of nitrogens with zero attached hydrogens (tertiary/aromatic N) is 2. The minimum atomic E-state index is -0.574. The van der Waals surface area contributed by atoms with Crippen LogP contribution >= 0.6 is 0 Å². The zero-order chi connectivity index (χ0) is 21.1. The lowest BCUT2D eigenvalue weighted by molar-refractivity contribution is 0.0158. The first-order chi connectivity index (χ1) is 14.7. The normalized spacial score (nSPS) is 23.5. The van der Waals surface area contributed by atoms with Crippen molar-refractivity contribution in [3.05, 3.63) is 54.1 Å². The molecule has 2 aromatic rings. The molecule has 1 heterocycles. The van der Waals surface area contributed by atoms with Crippen LogP contribution in [-0.4, -0.2) is 47.9 Å². The summed E-state index contributed by atoms with van der Waals surface area (Å²) in [6.07, 6.45) is 4.21. The number of aliphatic hydroxyl groups excluding tert-OH is 1. The van der Waals surface area contributed by atoms with Gasteiger partial charge in [0.25, 0.3) is 0 Å². The van der Waals surface area contributed by atoms with Gasteiger partial charge in [0.05, 0.1) is 25.8 Å². The van der Waals surface area contributed by atoms with Crippen molar-refractivity contribution in [1.82, 2.24) is 10.2 Å². The number of likely N-dealkylation sites (tertiary alicyclic amines) is 1. The van der Waals surface area contributed by atoms with Crippen molar-refractivity contribution in [2.75, 3.05) is 13.7 Å². The van der Waals surface area contributed by atoms with E-state index in [-0.39, 0.29) is 30.6 Å². The van der Waals surface area contributed by atoms with Crippen LogP contribution in [0.1, 0.15) is 37.2 Å². The van der Waals surface area contributed by atoms with E-state index in [0.717, 1.165) is 48.1 Å². The van der Waals surface area contributed by atoms with Gasteiger partial charge >= 0.3 is 6.03 Å². The average Bonchev–Trinajstić information content (AvgIpc) is 3.27. The van der Waals surface area contributed by atoms with Crippen LogP contribution in [0.3, 0.4) is 0 Å². The summed E-state index contributed by atoms with van der Waals surface area (Å²) in [5, 5.41) is 22.7. The molecule has 1 aliphatic carbocycles. The quantitative estimate of drug-likeness (QED) is 0.795. The number of nitriles is 1. The van der Waals surface area contributed by atoms with Gasteiger partial charge in [-0.05, 0) is 41.7 Å². The molecule has 0 aromatic heterocycles. The number of ether oxygens (including phenoxy) is 1. The number of aliphatic hydroxyl groups is 1. The standard InChI is InChI=1S/C24H27N3O3/c1-30-20-12-10-17(11-13-20)16-6-8-18(9-7-16)23-21(14-25)27(22(23)15-28)24(29)26-19-4-2-3-5-19/h6-13,19,21-23,28H,2-5,15H2,1H3,(H,26,29)/t21-,22-,23+/m0/s1. The Hall–Kier alpha value is -3.04. The molecule has 2 fully saturated rings. The second kappa shape index (κ2) is 8.76. The molecule has 6 nitrogen and oxygen atoms in total. The third-order valence-electron chi connectivity index (χ3n) is 6.37. The van der Waals surface area contributed by atoms with Gasteiger partial charge in [-0.3, -0.25) is 0 Å². The minimum Gasteiger partial charge on any atom is -0.497 e. The van der Waals surface area contributed by atoms with Gasteiger partial charge in [0, 0.05) is 12.0 Å². The summed E-state index contributed by atoms with van der Waals surface area (Å²) in [7, 11) is 1.64. The number of carbonyl (C=O) groups is 1. The van der Waals surface area contributed by atoms with Gasteiger partial charge < -0.3 is 20.1 Å². The van der Waals surface area contributed by atoms with E-state index in [2.05, 4.69) is 11.4 Å². The molecule has 6 heteroatoms. The molecule has 2 aliphatic rings. The Morgan fingerprint density at radius 1 is 1.13 bits per heavy atom. The van der Waals surface area contributed by atoms with Gasteiger partial charge in [-0.2, -0.15) is 5.26 Å². The Labute approximate surface area is 177 Å². The zero-order valence-electron chi connectivity index (χ0n) is 17.1. The molecule has 2 amide bonds. The van der Waals surface area contributed by atoms with Crippen molar-refractivity contribution in [2.45, 2.75) is 49.7 Å². The summed E-state index contributed by atoms with van der Waals surface area (Å²) in [6.45, 7) is -0.166. The maximum Gasteiger partial charge on any atom is 0.319 e. The fraction of sp³-hybridized carbons (Fsp3) is 0.417. The number of methoxy groups -OCH3 is 1. The van der Waals surface area contributed by atoms with E-state index in [4.69, 9.17) is 4.74 Å². The molecule has 1 saturated heterocycles. The maximum absolute atomic E-state index is 12.7. The van der Waals surface area contributed by atoms with Gasteiger partial charge in [-0.25, -0.2) is 4.79 Å². The summed E-state index contributed by atoms with van der Waals surface area (Å²) in [5.74, 6) is 0.614. The van der Waals surface area contributed by atoms with E-state index in [9.17, 15) is 15.2 Å². The van der Waals surface area contributed by atoms with E-state index in [1.807, 2.05) is 48.5 Å². The van der Waals surface area contributed by atoms with Gasteiger partial charge in [0.1, 0.15) is 11.8 Å². The molecule has 2 aromatic carbocycles. The number of rotatable bonds is 5. The predicted octanol–water partition coefficient (Wildman–Crippen LogP) is 3.67. The highest BCUT2D eigenvalue weighted by atomic mass is 16.5. The second-order valence-corrected chi connectivity index (χ2v) is 8.04. The van der Waals surface area contributed by atoms with Crippen molar-refractivity contribution < 1.29 is 14.6 Å². The third kappa shape index (κ3) is 3.73. The highest BCUT2D eigenvalue weighted by Gasteiger charge is 2.52. The molecule has 156 valence electrons. The van der Waals surface area contributed by atoms with Crippen LogP contribution < -0.4 is 10.1 Å². The second-order valence-electron chi connectivity index (χ2n) is 8.04. The van der Waals surface area contributed by atoms with Gasteiger partial charge in [0.2, 0.25) is 0 Å². The van der Waals surface area contributed by atoms with E-state index >= 15 is 0 Å². The third-order valence-corrected chi connectivity index (χ3v) is 6.37. The molecule has 3 atom stereocenters. The molecule has 1 aliphatic heterocycles. The smallest absolute Gasteiger partial charge is 0.319 e. The van der Waals surface area contributed by atoms with E-state index < -0.39 is 6.04 Å². The fourth-order valence-electron chi connectivity index (χ4n) is 4.69. The highest BCUT2D eigenvalue weighted by molar-refractivity contribution is 5.78. The summed E-state index contributed by atoms with van der Waals surface area (Å²) in [4.78, 5) is 14.2. The number of benzene rings is 2. The van der Waals surface area contributed by atoms with Gasteiger partial charge in [-0.1, -0.05) is 49.2 Å². The number of urea groups is 1. The molecular weight excluding hydrogens is 378 g/mol. The molecule has 0 spiro atoms. The van der Waals surface area contributed by atoms with Crippen LogP contribution in [0.2, 0.25) is 0 Å². The van der Waals surface area contributed by atoms with E-state index in [1.54, 1.807) is 7.11 Å². The van der Waals surface area contributed by atoms with Crippen LogP contribution in [0, 0.1) is 11.3 Å². The SMILES string of the molecule is COc1ccc(-c2ccc([C@@H]3[C@H](C#N)N(C(=O)NC4CCCC4)[C@H]3CO)cc2)cc1. The molecule has 2 N–H and O–H groups in total. The molecule has 1 saturated carbocycles. The van der Waals surface area contributed by atoms with Crippen molar-refractivity contribution >= 4 is 6.03 Å². The summed E-state index contributed by atoms with van der Waals surface area (Å²) in [5.41, 5.74) is 3.09. The van der Waals surface area contributed by atoms with Gasteiger partial charge in [0.15, 0.2) is 0 Å². The van der Waals surface area contributed by atoms with Crippen molar-refractivity contribution in [3.8, 4) is 22.9 Å². The largest absolute Gasteiger partial charge is 0.497 e. The molecule has 0 unspecified atom stereocenters. The fourth-order valence-corrected chi connectivity index (χ4v) is 4.69. The Morgan fingerprint density at radius 3 is 2.27 bits per heavy atom. The molecular formula is C24H27N3O3. The van der Waals surface area contributed by atoms with E-state index in [0.29, 0.717) is 0 Å². The average molecular weight is 405 g/mol. The predicted molar refractivity (Wildman–Crippen MR) is 114 cm³/mol. The van der Waals surface area contributed by atoms with Crippen LogP contribution in [0.15, 0.2) is 48.5 Å². The van der Waals surface area contributed by atoms with E-state index in [1.165, 1.54) is 4.90 Å². The lowest BCUT2D eigenvalue weighted by atomic mass is 9.75. The van der Waals surface area contributed by atoms with Crippen LogP contribution in [0.25, 0.3) is 11.1 Å². The van der Waals surface area contributed by atoms with Gasteiger partial charge in [-0.15, -0.1) is 0 Å². The Kier molecular flexibility index (Phi) is 5.91. The first-order valence-corrected chi connectivity index (χ1v) is 10.5. The lowest BCUT2D eigenvalue weighted by Crippen LogP contribution is -2.67. The molecule has 0 bridgehead atoms. The summed E-state index contributed by atoms with van der Waals surface area (Å²) < 4.78 is 5.21. The minimum absolute atomic E-state index is 0.166. The van der Waals surface area contributed by atoms with Crippen LogP contribution in [-0.2, 0) is 0 Å². The first kappa shape index (κ1) is 20.2. The molecule has 4 rings (SSSR count). The number of amides is 2. The zero-order valence-corrected chi connectivity index (χ0v) is 17.1. The number of carbonyl (C=O) groups excluding carboxylic acids is 1. The van der Waals surface area contributed by atoms with Crippen LogP contribution in [0.4, 0.5) is 4.79 Å². The number of hydrogen-bond donors (Lipinski definition) is 2.